The third-order valence-electron chi connectivity index (χ3n) is 1.72. The predicted octanol–water partition coefficient (Wildman–Crippen LogP) is 3.77. The van der Waals surface area contributed by atoms with E-state index in [-0.39, 0.29) is 4.44 Å². The van der Waals surface area contributed by atoms with Crippen molar-refractivity contribution < 1.29 is 5.73 Å². The van der Waals surface area contributed by atoms with Crippen LogP contribution in [0, 0.1) is 0 Å². The Hall–Kier alpha value is 0.659. The van der Waals surface area contributed by atoms with E-state index in [1.807, 2.05) is 0 Å². The summed E-state index contributed by atoms with van der Waals surface area (Å²) in [5, 5.41) is 0. The van der Waals surface area contributed by atoms with Crippen molar-refractivity contribution in [1.82, 2.24) is 0 Å². The van der Waals surface area contributed by atoms with Crippen LogP contribution in [0.3, 0.4) is 0 Å². The quantitative estimate of drug-likeness (QED) is 0.488. The molecule has 0 radical (unpaired) electrons. The van der Waals surface area contributed by atoms with Crippen molar-refractivity contribution in [2.75, 3.05) is 0 Å². The van der Waals surface area contributed by atoms with Crippen LogP contribution in [0.15, 0.2) is 0 Å². The molecular weight excluding hydrogens is 253 g/mol. The van der Waals surface area contributed by atoms with E-state index >= 15 is 0 Å². The molecule has 0 aliphatic carbocycles. The molecule has 66 valence electrons. The molecule has 0 rings (SSSR count). The van der Waals surface area contributed by atoms with Crippen molar-refractivity contribution in [3.05, 3.63) is 0 Å². The van der Waals surface area contributed by atoms with Crippen molar-refractivity contribution in [3.8, 4) is 0 Å². The summed E-state index contributed by atoms with van der Waals surface area (Å²) in [6.07, 6.45) is 6.69. The van der Waals surface area contributed by atoms with Crippen molar-refractivity contribution in [2.45, 2.75) is 49.9 Å². The molecule has 0 aromatic carbocycles. The fourth-order valence-electron chi connectivity index (χ4n) is 1.04. The molecular formula is C8H17F2Sn+. The minimum absolute atomic E-state index is 0.286. The summed E-state index contributed by atoms with van der Waals surface area (Å²) in [5.74, 6) is 0. The second-order valence-electron chi connectivity index (χ2n) is 2.86. The Labute approximate surface area is 76.7 Å². The molecule has 0 bridgehead atoms. The van der Waals surface area contributed by atoms with E-state index in [2.05, 4.69) is 6.92 Å². The Morgan fingerprint density at radius 2 is 1.45 bits per heavy atom. The molecule has 0 aliphatic heterocycles. The first-order chi connectivity index (χ1) is 5.27. The third-order valence-corrected chi connectivity index (χ3v) is 3.81. The molecule has 0 aromatic rings. The van der Waals surface area contributed by atoms with E-state index in [1.54, 1.807) is 0 Å². The fraction of sp³-hybridized carbons (Fsp3) is 1.00. The topological polar surface area (TPSA) is 0 Å². The first-order valence-electron chi connectivity index (χ1n) is 4.44. The van der Waals surface area contributed by atoms with Gasteiger partial charge in [0.15, 0.2) is 0 Å². The molecule has 0 spiro atoms. The maximum absolute atomic E-state index is 11.8. The standard InChI is InChI=1S/C8H17.2FH.Sn/c1-3-5-7-8-6-4-2;;;/h1,3-8H2,2H3;2*1H;/q;;;+3/p-2. The average Bonchev–Trinajstić information content (AvgIpc) is 1.96. The Balaban J connectivity index is 2.80. The van der Waals surface area contributed by atoms with Gasteiger partial charge in [0, 0.05) is 0 Å². The van der Waals surface area contributed by atoms with Crippen LogP contribution in [0.25, 0.3) is 0 Å². The van der Waals surface area contributed by atoms with Gasteiger partial charge in [0.2, 0.25) is 0 Å². The van der Waals surface area contributed by atoms with Gasteiger partial charge in [-0.3, -0.25) is 0 Å². The third kappa shape index (κ3) is 10.7. The predicted molar refractivity (Wildman–Crippen MR) is 46.2 cm³/mol. The molecule has 0 aromatic heterocycles. The summed E-state index contributed by atoms with van der Waals surface area (Å²) in [4.78, 5) is 0. The van der Waals surface area contributed by atoms with Crippen LogP contribution < -0.4 is 0 Å². The van der Waals surface area contributed by atoms with Gasteiger partial charge in [-0.2, -0.15) is 0 Å². The van der Waals surface area contributed by atoms with Crippen LogP contribution in [-0.2, 0) is 0 Å². The van der Waals surface area contributed by atoms with Gasteiger partial charge in [-0.15, -0.1) is 0 Å². The molecule has 0 unspecified atom stereocenters. The summed E-state index contributed by atoms with van der Waals surface area (Å²) in [7, 11) is 0. The molecule has 0 aliphatic rings. The van der Waals surface area contributed by atoms with Crippen molar-refractivity contribution in [3.63, 3.8) is 0 Å². The SMILES string of the molecule is CCCCCCC[CH2][Sn+]([F])[F]. The van der Waals surface area contributed by atoms with Crippen LogP contribution in [0.1, 0.15) is 45.4 Å². The van der Waals surface area contributed by atoms with Gasteiger partial charge in [-0.05, 0) is 0 Å². The van der Waals surface area contributed by atoms with Gasteiger partial charge in [-0.1, -0.05) is 0 Å². The van der Waals surface area contributed by atoms with Gasteiger partial charge < -0.3 is 0 Å². The maximum atomic E-state index is 11.8. The van der Waals surface area contributed by atoms with Crippen molar-refractivity contribution in [2.24, 2.45) is 0 Å². The second kappa shape index (κ2) is 8.75. The zero-order valence-corrected chi connectivity index (χ0v) is 10.1. The van der Waals surface area contributed by atoms with Crippen LogP contribution in [0.2, 0.25) is 4.44 Å². The summed E-state index contributed by atoms with van der Waals surface area (Å²) in [5.41, 5.74) is 0. The molecule has 0 amide bonds. The Kier molecular flexibility index (Phi) is 9.28. The van der Waals surface area contributed by atoms with Gasteiger partial charge in [-0.25, -0.2) is 0 Å². The monoisotopic (exact) mass is 271 g/mol. The van der Waals surface area contributed by atoms with Crippen LogP contribution >= 0.6 is 0 Å². The molecule has 0 fully saturated rings. The summed E-state index contributed by atoms with van der Waals surface area (Å²) < 4.78 is 23.9. The zero-order valence-electron chi connectivity index (χ0n) is 7.21. The zero-order chi connectivity index (χ0) is 8.53. The Bertz CT molecular complexity index is 76.5. The summed E-state index contributed by atoms with van der Waals surface area (Å²) >= 11 is -3.70. The Morgan fingerprint density at radius 3 is 2.00 bits per heavy atom. The van der Waals surface area contributed by atoms with E-state index < -0.39 is 20.9 Å². The minimum atomic E-state index is -3.70. The van der Waals surface area contributed by atoms with E-state index in [4.69, 9.17) is 0 Å². The first-order valence-corrected chi connectivity index (χ1v) is 8.61. The van der Waals surface area contributed by atoms with E-state index in [9.17, 15) is 5.73 Å². The molecule has 0 atom stereocenters. The first kappa shape index (κ1) is 11.7. The normalized spacial score (nSPS) is 10.1. The molecule has 0 nitrogen and oxygen atoms in total. The van der Waals surface area contributed by atoms with Gasteiger partial charge in [0.25, 0.3) is 0 Å². The molecule has 11 heavy (non-hydrogen) atoms. The van der Waals surface area contributed by atoms with Crippen LogP contribution in [0.4, 0.5) is 5.73 Å². The van der Waals surface area contributed by atoms with Gasteiger partial charge >= 0.3 is 76.5 Å². The molecule has 0 heterocycles. The number of halogens is 2. The van der Waals surface area contributed by atoms with Crippen molar-refractivity contribution in [1.29, 1.82) is 0 Å². The van der Waals surface area contributed by atoms with Crippen molar-refractivity contribution >= 4 is 20.9 Å². The van der Waals surface area contributed by atoms with E-state index in [0.29, 0.717) is 0 Å². The second-order valence-corrected chi connectivity index (χ2v) is 6.22. The number of hydrogen-bond donors (Lipinski definition) is 0. The van der Waals surface area contributed by atoms with E-state index in [0.717, 1.165) is 19.3 Å². The average molecular weight is 270 g/mol. The number of unbranched alkanes of at least 4 members (excludes halogenated alkanes) is 5. The Morgan fingerprint density at radius 1 is 0.909 bits per heavy atom. The van der Waals surface area contributed by atoms with Crippen LogP contribution in [-0.4, -0.2) is 20.9 Å². The summed E-state index contributed by atoms with van der Waals surface area (Å²) in [6.45, 7) is 2.16. The molecule has 3 heteroatoms. The van der Waals surface area contributed by atoms with Gasteiger partial charge in [0.05, 0.1) is 0 Å². The van der Waals surface area contributed by atoms with Gasteiger partial charge in [0.1, 0.15) is 0 Å². The summed E-state index contributed by atoms with van der Waals surface area (Å²) in [6, 6.07) is 0. The number of hydrogen-bond acceptors (Lipinski definition) is 0. The van der Waals surface area contributed by atoms with Crippen LogP contribution in [0.5, 0.6) is 0 Å². The number of rotatable bonds is 7. The fourth-order valence-corrected chi connectivity index (χ4v) is 2.52. The molecule has 0 saturated carbocycles. The molecule has 0 saturated heterocycles. The van der Waals surface area contributed by atoms with E-state index in [1.165, 1.54) is 19.3 Å². The molecule has 0 N–H and O–H groups in total.